The Morgan fingerprint density at radius 2 is 1.92 bits per heavy atom. The van der Waals surface area contributed by atoms with E-state index in [0.29, 0.717) is 19.7 Å². The Morgan fingerprint density at radius 3 is 2.76 bits per heavy atom. The molecular weight excluding hydrogens is 322 g/mol. The number of carbonyl (C=O) groups is 2. The van der Waals surface area contributed by atoms with Gasteiger partial charge in [-0.3, -0.25) is 4.79 Å². The average molecular weight is 343 g/mol. The smallest absolute Gasteiger partial charge is 0.315 e. The number of furan rings is 1. The summed E-state index contributed by atoms with van der Waals surface area (Å²) < 4.78 is 10.7. The van der Waals surface area contributed by atoms with Gasteiger partial charge in [-0.25, -0.2) is 4.79 Å². The number of ether oxygens (including phenoxy) is 1. The number of hydrogen-bond donors (Lipinski definition) is 3. The number of nitrogens with one attached hydrogen (secondary N) is 3. The minimum absolute atomic E-state index is 0.0867. The molecule has 0 bridgehead atoms. The molecule has 2 aromatic rings. The highest BCUT2D eigenvalue weighted by molar-refractivity contribution is 5.91. The Labute approximate surface area is 145 Å². The van der Waals surface area contributed by atoms with Gasteiger partial charge in [-0.1, -0.05) is 18.2 Å². The van der Waals surface area contributed by atoms with Crippen molar-refractivity contribution < 1.29 is 18.7 Å². The summed E-state index contributed by atoms with van der Waals surface area (Å²) in [5.74, 6) is 0.762. The first-order chi connectivity index (χ1) is 12.2. The summed E-state index contributed by atoms with van der Waals surface area (Å²) in [5.41, 5.74) is 0.987. The molecule has 1 atom stereocenters. The van der Waals surface area contributed by atoms with Gasteiger partial charge in [0, 0.05) is 18.7 Å². The fraction of sp³-hybridized carbons (Fsp3) is 0.333. The molecular formula is C18H21N3O4. The van der Waals surface area contributed by atoms with Crippen molar-refractivity contribution in [1.82, 2.24) is 16.0 Å². The zero-order chi connectivity index (χ0) is 17.5. The fourth-order valence-electron chi connectivity index (χ4n) is 2.73. The predicted octanol–water partition coefficient (Wildman–Crippen LogP) is 2.22. The Morgan fingerprint density at radius 1 is 1.08 bits per heavy atom. The number of hydrogen-bond acceptors (Lipinski definition) is 4. The minimum atomic E-state index is -0.304. The van der Waals surface area contributed by atoms with Crippen LogP contribution in [0.5, 0.6) is 5.75 Å². The van der Waals surface area contributed by atoms with E-state index in [1.807, 2.05) is 24.3 Å². The van der Waals surface area contributed by atoms with Crippen LogP contribution in [0.1, 0.15) is 35.0 Å². The van der Waals surface area contributed by atoms with E-state index >= 15 is 0 Å². The van der Waals surface area contributed by atoms with Gasteiger partial charge in [0.05, 0.1) is 18.9 Å². The van der Waals surface area contributed by atoms with Crippen molar-refractivity contribution in [3.63, 3.8) is 0 Å². The maximum Gasteiger partial charge on any atom is 0.315 e. The lowest BCUT2D eigenvalue weighted by Crippen LogP contribution is -2.41. The first kappa shape index (κ1) is 16.9. The van der Waals surface area contributed by atoms with E-state index in [9.17, 15) is 9.59 Å². The second-order valence-corrected chi connectivity index (χ2v) is 5.71. The molecule has 1 aliphatic rings. The van der Waals surface area contributed by atoms with Gasteiger partial charge in [-0.2, -0.15) is 0 Å². The van der Waals surface area contributed by atoms with Crippen LogP contribution in [0, 0.1) is 0 Å². The van der Waals surface area contributed by atoms with Gasteiger partial charge in [0.25, 0.3) is 5.91 Å². The molecule has 3 rings (SSSR count). The molecule has 0 unspecified atom stereocenters. The second-order valence-electron chi connectivity index (χ2n) is 5.71. The molecule has 0 aliphatic carbocycles. The SMILES string of the molecule is O=C(NCCNC(=O)c1ccco1)N[C@H]1CCCOc2ccccc21. The molecule has 0 spiro atoms. The van der Waals surface area contributed by atoms with E-state index in [1.165, 1.54) is 6.26 Å². The van der Waals surface area contributed by atoms with Crippen LogP contribution in [0.2, 0.25) is 0 Å². The van der Waals surface area contributed by atoms with Gasteiger partial charge < -0.3 is 25.1 Å². The number of para-hydroxylation sites is 1. The van der Waals surface area contributed by atoms with Crippen LogP contribution < -0.4 is 20.7 Å². The first-order valence-electron chi connectivity index (χ1n) is 8.32. The Bertz CT molecular complexity index is 715. The number of amides is 3. The van der Waals surface area contributed by atoms with Crippen molar-refractivity contribution in [3.8, 4) is 5.75 Å². The summed E-state index contributed by atoms with van der Waals surface area (Å²) in [6, 6.07) is 10.6. The van der Waals surface area contributed by atoms with E-state index in [4.69, 9.17) is 9.15 Å². The van der Waals surface area contributed by atoms with Crippen LogP contribution in [0.4, 0.5) is 4.79 Å². The topological polar surface area (TPSA) is 92.6 Å². The Hall–Kier alpha value is -2.96. The second kappa shape index (κ2) is 8.23. The van der Waals surface area contributed by atoms with E-state index in [2.05, 4.69) is 16.0 Å². The Balaban J connectivity index is 1.44. The Kier molecular flexibility index (Phi) is 5.56. The summed E-state index contributed by atoms with van der Waals surface area (Å²) in [4.78, 5) is 23.8. The molecule has 0 fully saturated rings. The van der Waals surface area contributed by atoms with Gasteiger partial charge in [0.15, 0.2) is 5.76 Å². The van der Waals surface area contributed by atoms with Crippen LogP contribution in [0.25, 0.3) is 0 Å². The molecule has 1 aliphatic heterocycles. The minimum Gasteiger partial charge on any atom is -0.493 e. The molecule has 1 aromatic heterocycles. The molecule has 0 radical (unpaired) electrons. The molecule has 0 saturated carbocycles. The van der Waals surface area contributed by atoms with Crippen molar-refractivity contribution in [2.75, 3.05) is 19.7 Å². The largest absolute Gasteiger partial charge is 0.493 e. The third kappa shape index (κ3) is 4.53. The monoisotopic (exact) mass is 343 g/mol. The van der Waals surface area contributed by atoms with Crippen LogP contribution in [0.15, 0.2) is 47.1 Å². The van der Waals surface area contributed by atoms with E-state index in [-0.39, 0.29) is 23.7 Å². The zero-order valence-corrected chi connectivity index (χ0v) is 13.8. The van der Waals surface area contributed by atoms with Crippen LogP contribution in [0.3, 0.4) is 0 Å². The normalized spacial score (nSPS) is 16.1. The van der Waals surface area contributed by atoms with Gasteiger partial charge >= 0.3 is 6.03 Å². The third-order valence-corrected chi connectivity index (χ3v) is 3.94. The number of urea groups is 1. The quantitative estimate of drug-likeness (QED) is 0.726. The van der Waals surface area contributed by atoms with Crippen LogP contribution >= 0.6 is 0 Å². The highest BCUT2D eigenvalue weighted by Gasteiger charge is 2.20. The van der Waals surface area contributed by atoms with Crippen LogP contribution in [-0.2, 0) is 0 Å². The molecule has 3 N–H and O–H groups in total. The van der Waals surface area contributed by atoms with E-state index < -0.39 is 0 Å². The number of carbonyl (C=O) groups excluding carboxylic acids is 2. The number of rotatable bonds is 5. The summed E-state index contributed by atoms with van der Waals surface area (Å²) in [7, 11) is 0. The number of fused-ring (bicyclic) bond motifs is 1. The summed E-state index contributed by atoms with van der Waals surface area (Å²) in [5, 5.41) is 8.39. The molecule has 132 valence electrons. The number of benzene rings is 1. The van der Waals surface area contributed by atoms with Gasteiger partial charge in [0.1, 0.15) is 5.75 Å². The lowest BCUT2D eigenvalue weighted by molar-refractivity contribution is 0.0926. The highest BCUT2D eigenvalue weighted by atomic mass is 16.5. The van der Waals surface area contributed by atoms with E-state index in [1.54, 1.807) is 12.1 Å². The molecule has 7 heteroatoms. The summed E-state index contributed by atoms with van der Waals surface area (Å²) >= 11 is 0. The highest BCUT2D eigenvalue weighted by Crippen LogP contribution is 2.30. The molecule has 25 heavy (non-hydrogen) atoms. The predicted molar refractivity (Wildman–Crippen MR) is 91.5 cm³/mol. The standard InChI is InChI=1S/C18H21N3O4/c22-17(16-8-4-12-25-16)19-9-10-20-18(23)21-14-6-3-11-24-15-7-2-1-5-13(14)15/h1-2,4-5,7-8,12,14H,3,6,9-11H2,(H,19,22)(H2,20,21,23)/t14-/m0/s1. The first-order valence-corrected chi connectivity index (χ1v) is 8.32. The molecule has 2 heterocycles. The maximum absolute atomic E-state index is 12.1. The molecule has 7 nitrogen and oxygen atoms in total. The summed E-state index contributed by atoms with van der Waals surface area (Å²) in [6.45, 7) is 1.29. The van der Waals surface area contributed by atoms with E-state index in [0.717, 1.165) is 24.2 Å². The lowest BCUT2D eigenvalue weighted by Gasteiger charge is -2.18. The van der Waals surface area contributed by atoms with Crippen molar-refractivity contribution in [3.05, 3.63) is 54.0 Å². The fourth-order valence-corrected chi connectivity index (χ4v) is 2.73. The van der Waals surface area contributed by atoms with Gasteiger partial charge in [0.2, 0.25) is 0 Å². The van der Waals surface area contributed by atoms with Crippen molar-refractivity contribution >= 4 is 11.9 Å². The molecule has 3 amide bonds. The van der Waals surface area contributed by atoms with Gasteiger partial charge in [-0.05, 0) is 31.0 Å². The van der Waals surface area contributed by atoms with Crippen molar-refractivity contribution in [2.24, 2.45) is 0 Å². The zero-order valence-electron chi connectivity index (χ0n) is 13.8. The average Bonchev–Trinajstić information content (AvgIpc) is 3.09. The molecule has 0 saturated heterocycles. The molecule has 1 aromatic carbocycles. The van der Waals surface area contributed by atoms with Crippen LogP contribution in [-0.4, -0.2) is 31.6 Å². The third-order valence-electron chi connectivity index (χ3n) is 3.94. The van der Waals surface area contributed by atoms with Crippen molar-refractivity contribution in [2.45, 2.75) is 18.9 Å². The van der Waals surface area contributed by atoms with Crippen molar-refractivity contribution in [1.29, 1.82) is 0 Å². The summed E-state index contributed by atoms with van der Waals surface area (Å²) in [6.07, 6.45) is 3.13. The lowest BCUT2D eigenvalue weighted by atomic mass is 10.0. The van der Waals surface area contributed by atoms with Gasteiger partial charge in [-0.15, -0.1) is 0 Å². The maximum atomic E-state index is 12.1.